The van der Waals surface area contributed by atoms with Crippen LogP contribution in [0.4, 0.5) is 0 Å². The number of rotatable bonds is 9. The number of hydrogen-bond acceptors (Lipinski definition) is 3. The molecule has 1 saturated heterocycles. The maximum Gasteiger partial charge on any atom is 0.237 e. The van der Waals surface area contributed by atoms with E-state index in [4.69, 9.17) is 0 Å². The average molecular weight is 297 g/mol. The summed E-state index contributed by atoms with van der Waals surface area (Å²) < 4.78 is 0. The van der Waals surface area contributed by atoms with Crippen LogP contribution < -0.4 is 10.6 Å². The Morgan fingerprint density at radius 3 is 2.43 bits per heavy atom. The number of amides is 1. The molecule has 0 saturated carbocycles. The van der Waals surface area contributed by atoms with E-state index in [1.165, 1.54) is 12.8 Å². The number of nitrogens with zero attached hydrogens (tertiary/aromatic N) is 1. The van der Waals surface area contributed by atoms with Crippen LogP contribution in [0, 0.1) is 5.92 Å². The Kier molecular flexibility index (Phi) is 8.27. The first-order valence-electron chi connectivity index (χ1n) is 8.75. The molecular weight excluding hydrogens is 262 g/mol. The van der Waals surface area contributed by atoms with Gasteiger partial charge < -0.3 is 10.6 Å². The molecule has 21 heavy (non-hydrogen) atoms. The standard InChI is InChI=1S/C17H35N3O/c1-6-15(7-2)19-17(21)14(5)20(11-13(3)4)12-16-9-8-10-18-16/h13-16,18H,6-12H2,1-5H3,(H,19,21). The fourth-order valence-electron chi connectivity index (χ4n) is 3.04. The smallest absolute Gasteiger partial charge is 0.237 e. The second-order valence-corrected chi connectivity index (χ2v) is 6.84. The molecule has 1 rings (SSSR count). The Hall–Kier alpha value is -0.610. The predicted molar refractivity (Wildman–Crippen MR) is 89.4 cm³/mol. The highest BCUT2D eigenvalue weighted by Gasteiger charge is 2.26. The van der Waals surface area contributed by atoms with Gasteiger partial charge in [0.05, 0.1) is 6.04 Å². The highest BCUT2D eigenvalue weighted by Crippen LogP contribution is 2.12. The van der Waals surface area contributed by atoms with Crippen molar-refractivity contribution in [3.8, 4) is 0 Å². The van der Waals surface area contributed by atoms with Crippen LogP contribution in [0.5, 0.6) is 0 Å². The van der Waals surface area contributed by atoms with Gasteiger partial charge in [-0.2, -0.15) is 0 Å². The number of hydrogen-bond donors (Lipinski definition) is 2. The molecule has 0 aliphatic carbocycles. The van der Waals surface area contributed by atoms with Crippen LogP contribution in [0.25, 0.3) is 0 Å². The van der Waals surface area contributed by atoms with Crippen molar-refractivity contribution in [1.29, 1.82) is 0 Å². The molecule has 0 spiro atoms. The van der Waals surface area contributed by atoms with Crippen molar-refractivity contribution in [2.75, 3.05) is 19.6 Å². The molecule has 124 valence electrons. The van der Waals surface area contributed by atoms with Crippen molar-refractivity contribution < 1.29 is 4.79 Å². The SMILES string of the molecule is CCC(CC)NC(=O)C(C)N(CC(C)C)CC1CCCN1. The predicted octanol–water partition coefficient (Wildman–Crippen LogP) is 2.39. The van der Waals surface area contributed by atoms with E-state index in [1.807, 2.05) is 0 Å². The molecule has 0 aromatic heterocycles. The first kappa shape index (κ1) is 18.4. The average Bonchev–Trinajstić information content (AvgIpc) is 2.95. The third-order valence-electron chi connectivity index (χ3n) is 4.48. The summed E-state index contributed by atoms with van der Waals surface area (Å²) in [7, 11) is 0. The summed E-state index contributed by atoms with van der Waals surface area (Å²) in [6, 6.07) is 0.813. The second kappa shape index (κ2) is 9.42. The van der Waals surface area contributed by atoms with Crippen LogP contribution in [-0.2, 0) is 4.79 Å². The van der Waals surface area contributed by atoms with Gasteiger partial charge in [-0.15, -0.1) is 0 Å². The molecule has 0 radical (unpaired) electrons. The Morgan fingerprint density at radius 2 is 1.95 bits per heavy atom. The van der Waals surface area contributed by atoms with Gasteiger partial charge in [0.25, 0.3) is 0 Å². The van der Waals surface area contributed by atoms with E-state index in [2.05, 4.69) is 50.2 Å². The van der Waals surface area contributed by atoms with Gasteiger partial charge in [0, 0.05) is 25.2 Å². The zero-order valence-corrected chi connectivity index (χ0v) is 14.6. The fraction of sp³-hybridized carbons (Fsp3) is 0.941. The molecule has 1 fully saturated rings. The molecule has 4 heteroatoms. The van der Waals surface area contributed by atoms with Crippen LogP contribution in [-0.4, -0.2) is 48.6 Å². The van der Waals surface area contributed by atoms with E-state index in [-0.39, 0.29) is 11.9 Å². The molecule has 4 nitrogen and oxygen atoms in total. The van der Waals surface area contributed by atoms with Gasteiger partial charge >= 0.3 is 0 Å². The van der Waals surface area contributed by atoms with Crippen LogP contribution in [0.3, 0.4) is 0 Å². The zero-order chi connectivity index (χ0) is 15.8. The fourth-order valence-corrected chi connectivity index (χ4v) is 3.04. The lowest BCUT2D eigenvalue weighted by atomic mass is 10.1. The molecule has 0 bridgehead atoms. The van der Waals surface area contributed by atoms with Gasteiger partial charge in [-0.3, -0.25) is 9.69 Å². The van der Waals surface area contributed by atoms with E-state index >= 15 is 0 Å². The Labute approximate surface area is 131 Å². The van der Waals surface area contributed by atoms with Gasteiger partial charge in [-0.25, -0.2) is 0 Å². The molecule has 1 amide bonds. The summed E-state index contributed by atoms with van der Waals surface area (Å²) in [4.78, 5) is 14.8. The molecule has 0 aromatic carbocycles. The Balaban J connectivity index is 2.59. The summed E-state index contributed by atoms with van der Waals surface area (Å²) in [5.41, 5.74) is 0. The third-order valence-corrected chi connectivity index (χ3v) is 4.48. The topological polar surface area (TPSA) is 44.4 Å². The van der Waals surface area contributed by atoms with E-state index in [0.717, 1.165) is 32.5 Å². The number of carbonyl (C=O) groups excluding carboxylic acids is 1. The quantitative estimate of drug-likeness (QED) is 0.687. The van der Waals surface area contributed by atoms with Crippen LogP contribution in [0.1, 0.15) is 60.3 Å². The zero-order valence-electron chi connectivity index (χ0n) is 14.6. The maximum absolute atomic E-state index is 12.5. The second-order valence-electron chi connectivity index (χ2n) is 6.84. The highest BCUT2D eigenvalue weighted by molar-refractivity contribution is 5.81. The normalized spacial score (nSPS) is 20.5. The molecular formula is C17H35N3O. The summed E-state index contributed by atoms with van der Waals surface area (Å²) in [6.45, 7) is 13.8. The molecule has 1 aliphatic heterocycles. The van der Waals surface area contributed by atoms with Crippen molar-refractivity contribution in [3.05, 3.63) is 0 Å². The van der Waals surface area contributed by atoms with E-state index in [1.54, 1.807) is 0 Å². The van der Waals surface area contributed by atoms with Crippen molar-refractivity contribution in [2.24, 2.45) is 5.92 Å². The van der Waals surface area contributed by atoms with Gasteiger partial charge in [-0.1, -0.05) is 27.7 Å². The Bertz CT molecular complexity index is 296. The molecule has 1 heterocycles. The van der Waals surface area contributed by atoms with Gasteiger partial charge in [0.2, 0.25) is 5.91 Å². The summed E-state index contributed by atoms with van der Waals surface area (Å²) >= 11 is 0. The van der Waals surface area contributed by atoms with E-state index in [0.29, 0.717) is 18.0 Å². The van der Waals surface area contributed by atoms with E-state index in [9.17, 15) is 4.79 Å². The Morgan fingerprint density at radius 1 is 1.29 bits per heavy atom. The van der Waals surface area contributed by atoms with Crippen LogP contribution in [0.15, 0.2) is 0 Å². The lowest BCUT2D eigenvalue weighted by Crippen LogP contribution is -2.52. The van der Waals surface area contributed by atoms with Crippen molar-refractivity contribution in [2.45, 2.75) is 78.4 Å². The number of nitrogens with one attached hydrogen (secondary N) is 2. The summed E-state index contributed by atoms with van der Waals surface area (Å²) in [5, 5.41) is 6.74. The summed E-state index contributed by atoms with van der Waals surface area (Å²) in [6.07, 6.45) is 4.50. The first-order valence-corrected chi connectivity index (χ1v) is 8.75. The van der Waals surface area contributed by atoms with Gasteiger partial charge in [-0.05, 0) is 45.1 Å². The molecule has 2 unspecified atom stereocenters. The lowest BCUT2D eigenvalue weighted by molar-refractivity contribution is -0.127. The van der Waals surface area contributed by atoms with Crippen LogP contribution in [0.2, 0.25) is 0 Å². The lowest BCUT2D eigenvalue weighted by Gasteiger charge is -2.32. The highest BCUT2D eigenvalue weighted by atomic mass is 16.2. The molecule has 0 aromatic rings. The largest absolute Gasteiger partial charge is 0.352 e. The first-order chi connectivity index (χ1) is 9.97. The minimum atomic E-state index is -0.0459. The van der Waals surface area contributed by atoms with E-state index < -0.39 is 0 Å². The van der Waals surface area contributed by atoms with Gasteiger partial charge in [0.1, 0.15) is 0 Å². The minimum absolute atomic E-state index is 0.0459. The number of carbonyl (C=O) groups is 1. The summed E-state index contributed by atoms with van der Waals surface area (Å²) in [5.74, 6) is 0.761. The van der Waals surface area contributed by atoms with Crippen LogP contribution >= 0.6 is 0 Å². The van der Waals surface area contributed by atoms with Crippen molar-refractivity contribution >= 4 is 5.91 Å². The molecule has 2 atom stereocenters. The van der Waals surface area contributed by atoms with Crippen molar-refractivity contribution in [1.82, 2.24) is 15.5 Å². The maximum atomic E-state index is 12.5. The van der Waals surface area contributed by atoms with Crippen molar-refractivity contribution in [3.63, 3.8) is 0 Å². The third kappa shape index (κ3) is 6.35. The molecule has 1 aliphatic rings. The monoisotopic (exact) mass is 297 g/mol. The molecule has 2 N–H and O–H groups in total. The minimum Gasteiger partial charge on any atom is -0.352 e. The van der Waals surface area contributed by atoms with Gasteiger partial charge in [0.15, 0.2) is 0 Å².